The average Bonchev–Trinajstić information content (AvgIpc) is 2.18. The molecule has 1 rings (SSSR count). The van der Waals surface area contributed by atoms with E-state index in [1.54, 1.807) is 0 Å². The fraction of sp³-hybridized carbons (Fsp3) is 0.333. The SMILES string of the molecule is CS(=O)(=O)OCCc1c(Cl)cccc1[N+](=O)[O-]. The Morgan fingerprint density at radius 1 is 1.47 bits per heavy atom. The van der Waals surface area contributed by atoms with Crippen molar-refractivity contribution in [3.05, 3.63) is 38.9 Å². The van der Waals surface area contributed by atoms with Crippen molar-refractivity contribution in [1.29, 1.82) is 0 Å². The maximum Gasteiger partial charge on any atom is 0.274 e. The van der Waals surface area contributed by atoms with Crippen LogP contribution in [-0.4, -0.2) is 26.2 Å². The molecule has 6 nitrogen and oxygen atoms in total. The Balaban J connectivity index is 2.86. The molecule has 0 saturated carbocycles. The molecule has 0 saturated heterocycles. The van der Waals surface area contributed by atoms with Crippen molar-refractivity contribution in [3.63, 3.8) is 0 Å². The highest BCUT2D eigenvalue weighted by atomic mass is 35.5. The summed E-state index contributed by atoms with van der Waals surface area (Å²) in [7, 11) is -3.55. The molecule has 0 aliphatic rings. The van der Waals surface area contributed by atoms with Crippen LogP contribution in [0.4, 0.5) is 5.69 Å². The summed E-state index contributed by atoms with van der Waals surface area (Å²) < 4.78 is 26.0. The van der Waals surface area contributed by atoms with Gasteiger partial charge in [0.2, 0.25) is 0 Å². The van der Waals surface area contributed by atoms with Gasteiger partial charge in [0.1, 0.15) is 0 Å². The molecule has 0 fully saturated rings. The smallest absolute Gasteiger partial charge is 0.270 e. The number of hydrogen-bond acceptors (Lipinski definition) is 5. The second-order valence-corrected chi connectivity index (χ2v) is 5.32. The molecule has 1 aromatic rings. The van der Waals surface area contributed by atoms with Gasteiger partial charge in [-0.05, 0) is 6.07 Å². The third-order valence-corrected chi connectivity index (χ3v) is 2.89. The summed E-state index contributed by atoms with van der Waals surface area (Å²) in [5, 5.41) is 10.9. The second kappa shape index (κ2) is 5.44. The van der Waals surface area contributed by atoms with Crippen molar-refractivity contribution in [1.82, 2.24) is 0 Å². The van der Waals surface area contributed by atoms with Crippen LogP contribution in [0.3, 0.4) is 0 Å². The van der Waals surface area contributed by atoms with Crippen molar-refractivity contribution in [2.75, 3.05) is 12.9 Å². The molecule has 0 heterocycles. The molecule has 0 bridgehead atoms. The van der Waals surface area contributed by atoms with E-state index >= 15 is 0 Å². The lowest BCUT2D eigenvalue weighted by Gasteiger charge is -2.05. The minimum absolute atomic E-state index is 0.0586. The molecule has 0 unspecified atom stereocenters. The number of hydrogen-bond donors (Lipinski definition) is 0. The highest BCUT2D eigenvalue weighted by Gasteiger charge is 2.16. The van der Waals surface area contributed by atoms with Crippen molar-refractivity contribution in [2.45, 2.75) is 6.42 Å². The Bertz CT molecular complexity index is 528. The molecule has 0 aliphatic heterocycles. The van der Waals surface area contributed by atoms with E-state index < -0.39 is 15.0 Å². The van der Waals surface area contributed by atoms with Gasteiger partial charge in [0.25, 0.3) is 15.8 Å². The van der Waals surface area contributed by atoms with Gasteiger partial charge in [0, 0.05) is 12.5 Å². The van der Waals surface area contributed by atoms with Crippen LogP contribution in [0.2, 0.25) is 5.02 Å². The van der Waals surface area contributed by atoms with Gasteiger partial charge in [-0.15, -0.1) is 0 Å². The highest BCUT2D eigenvalue weighted by molar-refractivity contribution is 7.85. The monoisotopic (exact) mass is 279 g/mol. The fourth-order valence-electron chi connectivity index (χ4n) is 1.26. The maximum absolute atomic E-state index is 10.7. The first kappa shape index (κ1) is 13.9. The number of nitro benzene ring substituents is 1. The lowest BCUT2D eigenvalue weighted by Crippen LogP contribution is -2.07. The zero-order valence-electron chi connectivity index (χ0n) is 8.92. The van der Waals surface area contributed by atoms with E-state index in [-0.39, 0.29) is 29.3 Å². The minimum atomic E-state index is -3.55. The van der Waals surface area contributed by atoms with E-state index in [0.29, 0.717) is 0 Å². The topological polar surface area (TPSA) is 86.5 Å². The molecule has 1 aromatic carbocycles. The van der Waals surface area contributed by atoms with E-state index in [1.807, 2.05) is 0 Å². The Hall–Kier alpha value is -1.18. The second-order valence-electron chi connectivity index (χ2n) is 3.27. The lowest BCUT2D eigenvalue weighted by molar-refractivity contribution is -0.385. The summed E-state index contributed by atoms with van der Waals surface area (Å²) in [5.41, 5.74) is 0.123. The molecule has 0 N–H and O–H groups in total. The van der Waals surface area contributed by atoms with Gasteiger partial charge in [-0.3, -0.25) is 14.3 Å². The lowest BCUT2D eigenvalue weighted by atomic mass is 10.1. The predicted molar refractivity (Wildman–Crippen MR) is 62.6 cm³/mol. The first-order valence-electron chi connectivity index (χ1n) is 4.57. The molecule has 0 radical (unpaired) electrons. The molecule has 94 valence electrons. The van der Waals surface area contributed by atoms with Gasteiger partial charge in [0.15, 0.2) is 0 Å². The molecule has 0 aliphatic carbocycles. The Kier molecular flexibility index (Phi) is 4.44. The predicted octanol–water partition coefficient (Wildman–Crippen LogP) is 1.77. The average molecular weight is 280 g/mol. The standard InChI is InChI=1S/C9H10ClNO5S/c1-17(14,15)16-6-5-7-8(10)3-2-4-9(7)11(12)13/h2-4H,5-6H2,1H3. The van der Waals surface area contributed by atoms with Crippen molar-refractivity contribution >= 4 is 27.4 Å². The zero-order valence-corrected chi connectivity index (χ0v) is 10.5. The normalized spacial score (nSPS) is 11.4. The van der Waals surface area contributed by atoms with E-state index in [4.69, 9.17) is 11.6 Å². The molecule has 0 spiro atoms. The minimum Gasteiger partial charge on any atom is -0.270 e. The number of nitrogens with zero attached hydrogens (tertiary/aromatic N) is 1. The molecule has 0 atom stereocenters. The summed E-state index contributed by atoms with van der Waals surface area (Å²) in [6.07, 6.45) is 0.969. The van der Waals surface area contributed by atoms with Crippen molar-refractivity contribution < 1.29 is 17.5 Å². The van der Waals surface area contributed by atoms with Crippen LogP contribution in [0.5, 0.6) is 0 Å². The van der Waals surface area contributed by atoms with Gasteiger partial charge in [-0.1, -0.05) is 17.7 Å². The van der Waals surface area contributed by atoms with E-state index in [9.17, 15) is 18.5 Å². The van der Waals surface area contributed by atoms with Crippen molar-refractivity contribution in [3.8, 4) is 0 Å². The molecule has 17 heavy (non-hydrogen) atoms. The van der Waals surface area contributed by atoms with Crippen LogP contribution in [0, 0.1) is 10.1 Å². The Labute approximate surface area is 103 Å². The first-order chi connectivity index (χ1) is 7.81. The van der Waals surface area contributed by atoms with Crippen LogP contribution in [0.1, 0.15) is 5.56 Å². The first-order valence-corrected chi connectivity index (χ1v) is 6.77. The van der Waals surface area contributed by atoms with Gasteiger partial charge in [0.05, 0.1) is 28.4 Å². The summed E-state index contributed by atoms with van der Waals surface area (Å²) in [4.78, 5) is 10.2. The largest absolute Gasteiger partial charge is 0.274 e. The van der Waals surface area contributed by atoms with Crippen LogP contribution in [0.25, 0.3) is 0 Å². The zero-order chi connectivity index (χ0) is 13.1. The highest BCUT2D eigenvalue weighted by Crippen LogP contribution is 2.26. The Morgan fingerprint density at radius 2 is 2.12 bits per heavy atom. The third-order valence-electron chi connectivity index (χ3n) is 1.94. The number of nitro groups is 1. The molecule has 0 amide bonds. The van der Waals surface area contributed by atoms with Gasteiger partial charge in [-0.2, -0.15) is 8.42 Å². The van der Waals surface area contributed by atoms with Crippen LogP contribution in [0.15, 0.2) is 18.2 Å². The summed E-state index contributed by atoms with van der Waals surface area (Å²) in [6, 6.07) is 4.27. The van der Waals surface area contributed by atoms with E-state index in [1.165, 1.54) is 18.2 Å². The maximum atomic E-state index is 10.7. The van der Waals surface area contributed by atoms with E-state index in [0.717, 1.165) is 6.26 Å². The number of benzene rings is 1. The summed E-state index contributed by atoms with van der Waals surface area (Å²) >= 11 is 5.81. The van der Waals surface area contributed by atoms with E-state index in [2.05, 4.69) is 4.18 Å². The molecule has 8 heteroatoms. The van der Waals surface area contributed by atoms with Crippen LogP contribution >= 0.6 is 11.6 Å². The molecular formula is C9H10ClNO5S. The molecular weight excluding hydrogens is 270 g/mol. The number of rotatable bonds is 5. The quantitative estimate of drug-likeness (QED) is 0.466. The van der Waals surface area contributed by atoms with Crippen molar-refractivity contribution in [2.24, 2.45) is 0 Å². The Morgan fingerprint density at radius 3 is 2.65 bits per heavy atom. The van der Waals surface area contributed by atoms with Gasteiger partial charge >= 0.3 is 0 Å². The summed E-state index contributed by atoms with van der Waals surface area (Å²) in [5.74, 6) is 0. The van der Waals surface area contributed by atoms with Gasteiger partial charge in [-0.25, -0.2) is 0 Å². The molecule has 0 aromatic heterocycles. The number of halogens is 1. The van der Waals surface area contributed by atoms with Crippen LogP contribution in [-0.2, 0) is 20.7 Å². The van der Waals surface area contributed by atoms with Crippen LogP contribution < -0.4 is 0 Å². The third kappa shape index (κ3) is 4.29. The van der Waals surface area contributed by atoms with Gasteiger partial charge < -0.3 is 0 Å². The summed E-state index contributed by atoms with van der Waals surface area (Å²) in [6.45, 7) is -0.177. The fourth-order valence-corrected chi connectivity index (χ4v) is 1.91.